The quantitative estimate of drug-likeness (QED) is 0.746. The van der Waals surface area contributed by atoms with Crippen LogP contribution in [0.1, 0.15) is 26.7 Å². The van der Waals surface area contributed by atoms with E-state index >= 15 is 0 Å². The predicted octanol–water partition coefficient (Wildman–Crippen LogP) is 3.54. The minimum atomic E-state index is 0.385. The molecule has 1 rings (SSSR count). The molecule has 0 amide bonds. The van der Waals surface area contributed by atoms with E-state index in [4.69, 9.17) is 5.73 Å². The molecule has 1 aromatic carbocycles. The monoisotopic (exact) mass is 223 g/mol. The zero-order valence-corrected chi connectivity index (χ0v) is 10.5. The summed E-state index contributed by atoms with van der Waals surface area (Å²) in [7, 11) is 0. The van der Waals surface area contributed by atoms with Crippen molar-refractivity contribution in [2.45, 2.75) is 31.6 Å². The molecule has 0 fully saturated rings. The van der Waals surface area contributed by atoms with Crippen LogP contribution in [-0.2, 0) is 0 Å². The Morgan fingerprint density at radius 1 is 1.13 bits per heavy atom. The number of thioether (sulfide) groups is 1. The first-order valence-corrected chi connectivity index (χ1v) is 6.50. The van der Waals surface area contributed by atoms with E-state index in [-0.39, 0.29) is 0 Å². The maximum Gasteiger partial charge on any atom is 0.00719 e. The lowest BCUT2D eigenvalue weighted by Crippen LogP contribution is -2.17. The van der Waals surface area contributed by atoms with Gasteiger partial charge in [-0.2, -0.15) is 0 Å². The maximum absolute atomic E-state index is 5.59. The number of hydrogen-bond donors (Lipinski definition) is 1. The Morgan fingerprint density at radius 2 is 1.80 bits per heavy atom. The summed E-state index contributed by atoms with van der Waals surface area (Å²) in [6.07, 6.45) is 2.34. The number of hydrogen-bond acceptors (Lipinski definition) is 2. The Hall–Kier alpha value is -0.470. The van der Waals surface area contributed by atoms with E-state index in [0.29, 0.717) is 5.41 Å². The largest absolute Gasteiger partial charge is 0.330 e. The Labute approximate surface area is 97.4 Å². The molecule has 0 aliphatic heterocycles. The Morgan fingerprint density at radius 3 is 2.40 bits per heavy atom. The Kier molecular flexibility index (Phi) is 5.20. The van der Waals surface area contributed by atoms with Crippen LogP contribution in [0.3, 0.4) is 0 Å². The van der Waals surface area contributed by atoms with Crippen LogP contribution in [0, 0.1) is 5.41 Å². The highest BCUT2D eigenvalue weighted by molar-refractivity contribution is 7.99. The van der Waals surface area contributed by atoms with Crippen LogP contribution in [0.25, 0.3) is 0 Å². The molecule has 0 unspecified atom stereocenters. The molecule has 0 aromatic heterocycles. The highest BCUT2D eigenvalue weighted by Gasteiger charge is 2.15. The lowest BCUT2D eigenvalue weighted by Gasteiger charge is -2.23. The predicted molar refractivity (Wildman–Crippen MR) is 69.2 cm³/mol. The maximum atomic E-state index is 5.59. The average Bonchev–Trinajstić information content (AvgIpc) is 2.19. The smallest absolute Gasteiger partial charge is 0.00719 e. The number of benzene rings is 1. The summed E-state index contributed by atoms with van der Waals surface area (Å²) in [6.45, 7) is 5.39. The lowest BCUT2D eigenvalue weighted by atomic mass is 9.87. The molecular weight excluding hydrogens is 202 g/mol. The molecule has 84 valence electrons. The zero-order valence-electron chi connectivity index (χ0n) is 9.70. The first kappa shape index (κ1) is 12.6. The molecule has 0 saturated carbocycles. The van der Waals surface area contributed by atoms with Gasteiger partial charge in [-0.25, -0.2) is 0 Å². The van der Waals surface area contributed by atoms with E-state index < -0.39 is 0 Å². The molecular formula is C13H21NS. The van der Waals surface area contributed by atoms with Crippen LogP contribution in [0.5, 0.6) is 0 Å². The second kappa shape index (κ2) is 6.19. The summed E-state index contributed by atoms with van der Waals surface area (Å²) in [5.74, 6) is 1.18. The van der Waals surface area contributed by atoms with Crippen molar-refractivity contribution in [3.8, 4) is 0 Å². The van der Waals surface area contributed by atoms with E-state index in [1.807, 2.05) is 11.8 Å². The molecule has 0 saturated heterocycles. The second-order valence-electron chi connectivity index (χ2n) is 4.61. The van der Waals surface area contributed by atoms with Gasteiger partial charge >= 0.3 is 0 Å². The summed E-state index contributed by atoms with van der Waals surface area (Å²) in [6, 6.07) is 10.6. The van der Waals surface area contributed by atoms with Crippen molar-refractivity contribution in [1.29, 1.82) is 0 Å². The first-order valence-electron chi connectivity index (χ1n) is 5.52. The molecule has 0 heterocycles. The van der Waals surface area contributed by atoms with Crippen LogP contribution in [0.2, 0.25) is 0 Å². The summed E-state index contributed by atoms with van der Waals surface area (Å²) >= 11 is 1.93. The van der Waals surface area contributed by atoms with E-state index in [1.165, 1.54) is 17.1 Å². The van der Waals surface area contributed by atoms with Gasteiger partial charge in [-0.1, -0.05) is 32.0 Å². The number of rotatable bonds is 6. The van der Waals surface area contributed by atoms with Gasteiger partial charge in [0.2, 0.25) is 0 Å². The van der Waals surface area contributed by atoms with Crippen molar-refractivity contribution < 1.29 is 0 Å². The molecule has 0 aliphatic carbocycles. The molecule has 0 aliphatic rings. The molecule has 1 aromatic rings. The SMILES string of the molecule is CC(C)(CCN)CCSc1ccccc1. The molecule has 0 bridgehead atoms. The van der Waals surface area contributed by atoms with Crippen LogP contribution in [0.4, 0.5) is 0 Å². The van der Waals surface area contributed by atoms with Gasteiger partial charge in [-0.05, 0) is 42.7 Å². The van der Waals surface area contributed by atoms with Crippen molar-refractivity contribution >= 4 is 11.8 Å². The van der Waals surface area contributed by atoms with Gasteiger partial charge in [0.15, 0.2) is 0 Å². The third-order valence-electron chi connectivity index (χ3n) is 2.61. The molecule has 0 spiro atoms. The molecule has 15 heavy (non-hydrogen) atoms. The molecule has 1 nitrogen and oxygen atoms in total. The fourth-order valence-electron chi connectivity index (χ4n) is 1.48. The van der Waals surface area contributed by atoms with Crippen molar-refractivity contribution in [3.63, 3.8) is 0 Å². The Bertz CT molecular complexity index is 269. The third-order valence-corrected chi connectivity index (χ3v) is 3.63. The third kappa shape index (κ3) is 5.24. The second-order valence-corrected chi connectivity index (χ2v) is 5.78. The van der Waals surface area contributed by atoms with Crippen LogP contribution in [0.15, 0.2) is 35.2 Å². The number of nitrogens with two attached hydrogens (primary N) is 1. The van der Waals surface area contributed by atoms with E-state index in [2.05, 4.69) is 44.2 Å². The van der Waals surface area contributed by atoms with Crippen LogP contribution >= 0.6 is 11.8 Å². The van der Waals surface area contributed by atoms with E-state index in [9.17, 15) is 0 Å². The van der Waals surface area contributed by atoms with Crippen molar-refractivity contribution in [1.82, 2.24) is 0 Å². The highest BCUT2D eigenvalue weighted by Crippen LogP contribution is 2.28. The minimum Gasteiger partial charge on any atom is -0.330 e. The zero-order chi connectivity index (χ0) is 11.1. The summed E-state index contributed by atoms with van der Waals surface area (Å²) in [5, 5.41) is 0. The van der Waals surface area contributed by atoms with Gasteiger partial charge in [-0.15, -0.1) is 11.8 Å². The van der Waals surface area contributed by atoms with E-state index in [0.717, 1.165) is 13.0 Å². The molecule has 0 radical (unpaired) electrons. The van der Waals surface area contributed by atoms with Gasteiger partial charge in [0.05, 0.1) is 0 Å². The molecule has 0 atom stereocenters. The fourth-order valence-corrected chi connectivity index (χ4v) is 2.72. The van der Waals surface area contributed by atoms with Gasteiger partial charge < -0.3 is 5.73 Å². The normalized spacial score (nSPS) is 11.7. The first-order chi connectivity index (χ1) is 7.14. The summed E-state index contributed by atoms with van der Waals surface area (Å²) < 4.78 is 0. The Balaban J connectivity index is 2.27. The van der Waals surface area contributed by atoms with Gasteiger partial charge in [0.25, 0.3) is 0 Å². The van der Waals surface area contributed by atoms with Gasteiger partial charge in [0, 0.05) is 4.90 Å². The van der Waals surface area contributed by atoms with Gasteiger partial charge in [-0.3, -0.25) is 0 Å². The standard InChI is InChI=1S/C13H21NS/c1-13(2,8-10-14)9-11-15-12-6-4-3-5-7-12/h3-7H,8-11,14H2,1-2H3. The topological polar surface area (TPSA) is 26.0 Å². The minimum absolute atomic E-state index is 0.385. The highest BCUT2D eigenvalue weighted by atomic mass is 32.2. The van der Waals surface area contributed by atoms with Crippen molar-refractivity contribution in [3.05, 3.63) is 30.3 Å². The van der Waals surface area contributed by atoms with Crippen LogP contribution < -0.4 is 5.73 Å². The van der Waals surface area contributed by atoms with Crippen LogP contribution in [-0.4, -0.2) is 12.3 Å². The van der Waals surface area contributed by atoms with Crippen molar-refractivity contribution in [2.24, 2.45) is 11.1 Å². The van der Waals surface area contributed by atoms with E-state index in [1.54, 1.807) is 0 Å². The fraction of sp³-hybridized carbons (Fsp3) is 0.538. The summed E-state index contributed by atoms with van der Waals surface area (Å²) in [5.41, 5.74) is 5.98. The lowest BCUT2D eigenvalue weighted by molar-refractivity contribution is 0.331. The summed E-state index contributed by atoms with van der Waals surface area (Å²) in [4.78, 5) is 1.36. The molecule has 2 N–H and O–H groups in total. The van der Waals surface area contributed by atoms with Crippen molar-refractivity contribution in [2.75, 3.05) is 12.3 Å². The molecule has 2 heteroatoms. The van der Waals surface area contributed by atoms with Gasteiger partial charge in [0.1, 0.15) is 0 Å². The average molecular weight is 223 g/mol.